The molecule has 198 valence electrons. The number of pyridine rings is 2. The minimum Gasteiger partial charge on any atom is -0.504 e. The van der Waals surface area contributed by atoms with Crippen LogP contribution in [0.2, 0.25) is 0 Å². The van der Waals surface area contributed by atoms with Crippen molar-refractivity contribution in [1.29, 1.82) is 0 Å². The maximum absolute atomic E-state index is 13.8. The molecule has 0 unspecified atom stereocenters. The highest BCUT2D eigenvalue weighted by Gasteiger charge is 2.32. The topological polar surface area (TPSA) is 121 Å². The molecule has 0 atom stereocenters. The average Bonchev–Trinajstić information content (AvgIpc) is 3.37. The lowest BCUT2D eigenvalue weighted by atomic mass is 10.1. The second kappa shape index (κ2) is 10.2. The molecule has 0 spiro atoms. The molecule has 39 heavy (non-hydrogen) atoms. The van der Waals surface area contributed by atoms with E-state index in [0.29, 0.717) is 17.8 Å². The second-order valence-electron chi connectivity index (χ2n) is 9.00. The summed E-state index contributed by atoms with van der Waals surface area (Å²) in [7, 11) is -2.68. The fourth-order valence-electron chi connectivity index (χ4n) is 4.63. The first-order valence-corrected chi connectivity index (χ1v) is 13.8. The van der Waals surface area contributed by atoms with Crippen molar-refractivity contribution in [3.63, 3.8) is 0 Å². The number of rotatable bonds is 7. The zero-order valence-corrected chi connectivity index (χ0v) is 22.5. The van der Waals surface area contributed by atoms with Gasteiger partial charge in [0.25, 0.3) is 5.56 Å². The summed E-state index contributed by atoms with van der Waals surface area (Å²) in [5, 5.41) is 15.8. The van der Waals surface area contributed by atoms with Gasteiger partial charge in [0, 0.05) is 48.5 Å². The molecule has 0 aliphatic rings. The average molecular weight is 542 g/mol. The van der Waals surface area contributed by atoms with Gasteiger partial charge in [-0.05, 0) is 49.7 Å². The van der Waals surface area contributed by atoms with Crippen molar-refractivity contribution in [2.45, 2.75) is 23.6 Å². The van der Waals surface area contributed by atoms with E-state index in [1.807, 2.05) is 56.3 Å². The Labute approximate surface area is 226 Å². The van der Waals surface area contributed by atoms with Crippen LogP contribution in [0.5, 0.6) is 5.75 Å². The Balaban J connectivity index is 1.70. The number of aromatic nitrogens is 4. The number of anilines is 2. The lowest BCUT2D eigenvalue weighted by Crippen LogP contribution is -2.24. The number of aromatic amines is 1. The molecule has 0 radical (unpaired) electrons. The summed E-state index contributed by atoms with van der Waals surface area (Å²) >= 11 is 0. The van der Waals surface area contributed by atoms with E-state index in [2.05, 4.69) is 15.1 Å². The molecule has 0 bridgehead atoms. The molecule has 3 aromatic heterocycles. The molecular weight excluding hydrogens is 514 g/mol. The first kappa shape index (κ1) is 25.9. The Morgan fingerprint density at radius 1 is 1.00 bits per heavy atom. The van der Waals surface area contributed by atoms with Crippen LogP contribution in [0.3, 0.4) is 0 Å². The van der Waals surface area contributed by atoms with Crippen LogP contribution < -0.4 is 10.5 Å². The van der Waals surface area contributed by atoms with Gasteiger partial charge in [0.1, 0.15) is 5.69 Å². The maximum atomic E-state index is 13.8. The van der Waals surface area contributed by atoms with Gasteiger partial charge in [-0.25, -0.2) is 8.42 Å². The highest BCUT2D eigenvalue weighted by Crippen LogP contribution is 2.43. The molecule has 9 nitrogen and oxygen atoms in total. The van der Waals surface area contributed by atoms with Crippen LogP contribution in [-0.4, -0.2) is 39.8 Å². The molecular formula is C29H27N5O4S. The van der Waals surface area contributed by atoms with E-state index < -0.39 is 26.0 Å². The van der Waals surface area contributed by atoms with Gasteiger partial charge in [0.05, 0.1) is 16.8 Å². The number of hydrogen-bond acceptors (Lipinski definition) is 7. The third-order valence-electron chi connectivity index (χ3n) is 6.52. The van der Waals surface area contributed by atoms with E-state index in [9.17, 15) is 18.3 Å². The number of nitrogens with zero attached hydrogens (tertiary/aromatic N) is 4. The number of aromatic hydroxyl groups is 1. The van der Waals surface area contributed by atoms with Crippen molar-refractivity contribution >= 4 is 21.2 Å². The third-order valence-corrected chi connectivity index (χ3v) is 8.33. The fraction of sp³-hybridized carbons (Fsp3) is 0.138. The molecule has 2 aromatic carbocycles. The van der Waals surface area contributed by atoms with Gasteiger partial charge in [0.2, 0.25) is 9.84 Å². The van der Waals surface area contributed by atoms with Crippen LogP contribution >= 0.6 is 0 Å². The normalized spacial score (nSPS) is 11.5. The summed E-state index contributed by atoms with van der Waals surface area (Å²) in [4.78, 5) is 21.3. The van der Waals surface area contributed by atoms with Gasteiger partial charge in [-0.15, -0.1) is 0 Å². The Morgan fingerprint density at radius 2 is 1.72 bits per heavy atom. The highest BCUT2D eigenvalue weighted by atomic mass is 32.2. The van der Waals surface area contributed by atoms with Crippen LogP contribution in [0, 0.1) is 6.92 Å². The van der Waals surface area contributed by atoms with Crippen LogP contribution in [0.15, 0.2) is 99.9 Å². The lowest BCUT2D eigenvalue weighted by molar-refractivity contribution is 0.456. The number of sulfone groups is 1. The van der Waals surface area contributed by atoms with Crippen molar-refractivity contribution in [2.24, 2.45) is 7.05 Å². The van der Waals surface area contributed by atoms with Crippen LogP contribution in [0.25, 0.3) is 22.4 Å². The van der Waals surface area contributed by atoms with Crippen molar-refractivity contribution < 1.29 is 13.5 Å². The van der Waals surface area contributed by atoms with Crippen LogP contribution in [-0.2, 0) is 16.9 Å². The number of hydrogen-bond donors (Lipinski definition) is 2. The number of H-pyrrole nitrogens is 1. The Kier molecular flexibility index (Phi) is 6.80. The van der Waals surface area contributed by atoms with E-state index in [0.717, 1.165) is 16.8 Å². The predicted molar refractivity (Wildman–Crippen MR) is 150 cm³/mol. The molecule has 2 N–H and O–H groups in total. The maximum Gasteiger partial charge on any atom is 0.271 e. The standard InChI is InChI=1S/C29H27N5O4S/c1-4-34(22-9-6-5-7-10-22)26-25(21-17-31-33(3)18-21)32-29(36)28(27(26)35)39(37,38)23-14-12-20(13-15-23)24-11-8-16-30-19(24)2/h5-18H,4H2,1-3H3,(H2,32,35,36). The molecule has 0 amide bonds. The van der Waals surface area contributed by atoms with Gasteiger partial charge in [-0.3, -0.25) is 14.5 Å². The monoisotopic (exact) mass is 541 g/mol. The minimum atomic E-state index is -4.41. The van der Waals surface area contributed by atoms with Crippen LogP contribution in [0.4, 0.5) is 11.4 Å². The number of benzene rings is 2. The molecule has 0 fully saturated rings. The number of para-hydroxylation sites is 1. The van der Waals surface area contributed by atoms with E-state index in [-0.39, 0.29) is 16.3 Å². The third kappa shape index (κ3) is 4.70. The summed E-state index contributed by atoms with van der Waals surface area (Å²) in [5.41, 5.74) is 3.19. The minimum absolute atomic E-state index is 0.114. The van der Waals surface area contributed by atoms with Gasteiger partial charge < -0.3 is 15.0 Å². The quantitative estimate of drug-likeness (QED) is 0.302. The summed E-state index contributed by atoms with van der Waals surface area (Å²) in [6.07, 6.45) is 4.91. The van der Waals surface area contributed by atoms with Gasteiger partial charge in [0.15, 0.2) is 10.6 Å². The van der Waals surface area contributed by atoms with Gasteiger partial charge in [-0.1, -0.05) is 36.4 Å². The van der Waals surface area contributed by atoms with Crippen LogP contribution in [0.1, 0.15) is 12.6 Å². The van der Waals surface area contributed by atoms with Crippen molar-refractivity contribution in [2.75, 3.05) is 11.4 Å². The molecule has 10 heteroatoms. The van der Waals surface area contributed by atoms with E-state index >= 15 is 0 Å². The molecule has 0 saturated carbocycles. The first-order valence-electron chi connectivity index (χ1n) is 12.3. The predicted octanol–water partition coefficient (Wildman–Crippen LogP) is 4.84. The summed E-state index contributed by atoms with van der Waals surface area (Å²) in [6, 6.07) is 19.1. The molecule has 0 saturated heterocycles. The zero-order chi connectivity index (χ0) is 27.7. The fourth-order valence-corrected chi connectivity index (χ4v) is 6.01. The lowest BCUT2D eigenvalue weighted by Gasteiger charge is -2.27. The van der Waals surface area contributed by atoms with Gasteiger partial charge in [-0.2, -0.15) is 5.10 Å². The van der Waals surface area contributed by atoms with E-state index in [1.165, 1.54) is 12.1 Å². The van der Waals surface area contributed by atoms with Crippen molar-refractivity contribution in [1.82, 2.24) is 19.7 Å². The Bertz CT molecular complexity index is 1810. The Morgan fingerprint density at radius 3 is 2.33 bits per heavy atom. The molecule has 5 aromatic rings. The van der Waals surface area contributed by atoms with Crippen molar-refractivity contribution in [3.8, 4) is 28.1 Å². The van der Waals surface area contributed by atoms with Crippen molar-refractivity contribution in [3.05, 3.63) is 101 Å². The second-order valence-corrected chi connectivity index (χ2v) is 10.9. The molecule has 3 heterocycles. The number of aryl methyl sites for hydroxylation is 2. The van der Waals surface area contributed by atoms with E-state index in [4.69, 9.17) is 0 Å². The summed E-state index contributed by atoms with van der Waals surface area (Å²) in [5.74, 6) is -0.629. The molecule has 0 aliphatic heterocycles. The zero-order valence-electron chi connectivity index (χ0n) is 21.7. The largest absolute Gasteiger partial charge is 0.504 e. The highest BCUT2D eigenvalue weighted by molar-refractivity contribution is 7.91. The summed E-state index contributed by atoms with van der Waals surface area (Å²) < 4.78 is 29.2. The molecule has 0 aliphatic carbocycles. The number of nitrogens with one attached hydrogen (secondary N) is 1. The van der Waals surface area contributed by atoms with Gasteiger partial charge >= 0.3 is 0 Å². The van der Waals surface area contributed by atoms with E-state index in [1.54, 1.807) is 47.4 Å². The first-order chi connectivity index (χ1) is 18.7. The smallest absolute Gasteiger partial charge is 0.271 e. The summed E-state index contributed by atoms with van der Waals surface area (Å²) in [6.45, 7) is 4.13. The Hall–Kier alpha value is -4.70. The SMILES string of the molecule is CCN(c1ccccc1)c1c(-c2cnn(C)c2)[nH]c(=O)c(S(=O)(=O)c2ccc(-c3cccnc3C)cc2)c1O. The molecule has 5 rings (SSSR count).